The molecule has 21 heavy (non-hydrogen) atoms. The van der Waals surface area contributed by atoms with Gasteiger partial charge in [-0.25, -0.2) is 0 Å². The zero-order valence-electron chi connectivity index (χ0n) is 10.9. The molecule has 0 spiro atoms. The minimum absolute atomic E-state index is 0.850. The molecule has 0 saturated carbocycles. The van der Waals surface area contributed by atoms with Crippen LogP contribution in [0, 0.1) is 0 Å². The van der Waals surface area contributed by atoms with Crippen molar-refractivity contribution in [1.82, 2.24) is 0 Å². The van der Waals surface area contributed by atoms with Crippen LogP contribution in [-0.4, -0.2) is 0 Å². The van der Waals surface area contributed by atoms with Gasteiger partial charge in [0, 0.05) is 35.6 Å². The van der Waals surface area contributed by atoms with Gasteiger partial charge in [0.15, 0.2) is 0 Å². The van der Waals surface area contributed by atoms with Gasteiger partial charge in [-0.15, -0.1) is 22.7 Å². The molecule has 0 aliphatic rings. The van der Waals surface area contributed by atoms with Gasteiger partial charge in [-0.3, -0.25) is 0 Å². The van der Waals surface area contributed by atoms with Crippen molar-refractivity contribution in [3.8, 4) is 0 Å². The van der Waals surface area contributed by atoms with E-state index >= 15 is 0 Å². The number of benzene rings is 3. The topological polar surface area (TPSA) is 0 Å². The van der Waals surface area contributed by atoms with Crippen molar-refractivity contribution in [3.05, 3.63) is 59.6 Å². The number of thiophene rings is 2. The van der Waals surface area contributed by atoms with Crippen LogP contribution in [-0.2, 0) is 0 Å². The summed E-state index contributed by atoms with van der Waals surface area (Å²) in [7, 11) is 0. The molecular formula is C18H9ClS2. The Morgan fingerprint density at radius 2 is 1.43 bits per heavy atom. The molecule has 0 N–H and O–H groups in total. The molecule has 0 amide bonds. The first-order valence-corrected chi connectivity index (χ1v) is 8.75. The molecule has 3 heteroatoms. The molecule has 0 aliphatic carbocycles. The minimum Gasteiger partial charge on any atom is -0.134 e. The van der Waals surface area contributed by atoms with Gasteiger partial charge in [0.25, 0.3) is 0 Å². The monoisotopic (exact) mass is 324 g/mol. The number of rotatable bonds is 0. The molecule has 0 unspecified atom stereocenters. The summed E-state index contributed by atoms with van der Waals surface area (Å²) in [6.07, 6.45) is 0. The molecule has 0 radical (unpaired) electrons. The Balaban J connectivity index is 2.13. The lowest BCUT2D eigenvalue weighted by atomic mass is 10.1. The Morgan fingerprint density at radius 1 is 0.619 bits per heavy atom. The lowest BCUT2D eigenvalue weighted by molar-refractivity contribution is 1.86. The van der Waals surface area contributed by atoms with Gasteiger partial charge in [0.1, 0.15) is 0 Å². The summed E-state index contributed by atoms with van der Waals surface area (Å²) in [5.41, 5.74) is 0. The fraction of sp³-hybridized carbons (Fsp3) is 0. The molecule has 5 aromatic rings. The normalized spacial score (nSPS) is 12.0. The lowest BCUT2D eigenvalue weighted by Gasteiger charge is -1.95. The average molecular weight is 325 g/mol. The standard InChI is InChI=1S/C18H9ClS2/c19-13-6-3-5-12-16-15(21-17(12)13)9-8-11-10-4-1-2-7-14(10)20-18(11)16/h1-9H. The third kappa shape index (κ3) is 1.55. The van der Waals surface area contributed by atoms with E-state index in [2.05, 4.69) is 42.5 Å². The van der Waals surface area contributed by atoms with Gasteiger partial charge in [-0.1, -0.05) is 48.0 Å². The van der Waals surface area contributed by atoms with Crippen LogP contribution in [0.25, 0.3) is 40.3 Å². The molecule has 0 atom stereocenters. The van der Waals surface area contributed by atoms with Crippen LogP contribution in [0.4, 0.5) is 0 Å². The quantitative estimate of drug-likeness (QED) is 0.285. The predicted octanol–water partition coefficient (Wildman–Crippen LogP) is 7.08. The summed E-state index contributed by atoms with van der Waals surface area (Å²) in [5.74, 6) is 0. The van der Waals surface area contributed by atoms with E-state index in [0.29, 0.717) is 0 Å². The van der Waals surface area contributed by atoms with Crippen LogP contribution < -0.4 is 0 Å². The van der Waals surface area contributed by atoms with Crippen molar-refractivity contribution in [2.45, 2.75) is 0 Å². The van der Waals surface area contributed by atoms with Gasteiger partial charge < -0.3 is 0 Å². The van der Waals surface area contributed by atoms with Gasteiger partial charge in [0.2, 0.25) is 0 Å². The Hall–Kier alpha value is -1.61. The molecule has 3 aromatic carbocycles. The Bertz CT molecular complexity index is 1150. The van der Waals surface area contributed by atoms with Gasteiger partial charge in [-0.05, 0) is 18.2 Å². The highest BCUT2D eigenvalue weighted by Crippen LogP contribution is 2.45. The van der Waals surface area contributed by atoms with E-state index in [9.17, 15) is 0 Å². The summed E-state index contributed by atoms with van der Waals surface area (Å²) in [5, 5.41) is 6.18. The van der Waals surface area contributed by atoms with Crippen LogP contribution in [0.15, 0.2) is 54.6 Å². The third-order valence-corrected chi connectivity index (χ3v) is 6.79. The Labute approximate surface area is 134 Å². The van der Waals surface area contributed by atoms with Crippen molar-refractivity contribution < 1.29 is 0 Å². The second kappa shape index (κ2) is 4.20. The highest BCUT2D eigenvalue weighted by atomic mass is 35.5. The maximum Gasteiger partial charge on any atom is 0.0584 e. The predicted molar refractivity (Wildman–Crippen MR) is 97.2 cm³/mol. The van der Waals surface area contributed by atoms with Crippen molar-refractivity contribution in [2.75, 3.05) is 0 Å². The molecule has 5 rings (SSSR count). The summed E-state index contributed by atoms with van der Waals surface area (Å²) >= 11 is 10.0. The highest BCUT2D eigenvalue weighted by molar-refractivity contribution is 7.30. The van der Waals surface area contributed by atoms with E-state index in [0.717, 1.165) is 5.02 Å². The molecule has 0 saturated heterocycles. The van der Waals surface area contributed by atoms with Crippen LogP contribution in [0.5, 0.6) is 0 Å². The second-order valence-corrected chi connectivity index (χ2v) is 7.64. The fourth-order valence-corrected chi connectivity index (χ4v) is 5.77. The van der Waals surface area contributed by atoms with Crippen molar-refractivity contribution in [3.63, 3.8) is 0 Å². The smallest absolute Gasteiger partial charge is 0.0584 e. The van der Waals surface area contributed by atoms with Crippen LogP contribution >= 0.6 is 34.3 Å². The average Bonchev–Trinajstić information content (AvgIpc) is 3.05. The summed E-state index contributed by atoms with van der Waals surface area (Å²) in [4.78, 5) is 0. The van der Waals surface area contributed by atoms with Crippen LogP contribution in [0.2, 0.25) is 5.02 Å². The maximum atomic E-state index is 6.37. The van der Waals surface area contributed by atoms with Gasteiger partial charge in [-0.2, -0.15) is 0 Å². The molecule has 100 valence electrons. The van der Waals surface area contributed by atoms with E-state index in [1.807, 2.05) is 23.5 Å². The van der Waals surface area contributed by atoms with Crippen LogP contribution in [0.1, 0.15) is 0 Å². The van der Waals surface area contributed by atoms with Crippen LogP contribution in [0.3, 0.4) is 0 Å². The van der Waals surface area contributed by atoms with Gasteiger partial charge >= 0.3 is 0 Å². The second-order valence-electron chi connectivity index (χ2n) is 5.13. The zero-order valence-corrected chi connectivity index (χ0v) is 13.3. The van der Waals surface area contributed by atoms with Crippen molar-refractivity contribution >= 4 is 74.6 Å². The highest BCUT2D eigenvalue weighted by Gasteiger charge is 2.13. The first-order chi connectivity index (χ1) is 10.3. The summed E-state index contributed by atoms with van der Waals surface area (Å²) in [6, 6.07) is 19.3. The Kier molecular flexibility index (Phi) is 2.40. The van der Waals surface area contributed by atoms with E-state index in [-0.39, 0.29) is 0 Å². The molecule has 2 aromatic heterocycles. The van der Waals surface area contributed by atoms with E-state index in [1.165, 1.54) is 40.3 Å². The first kappa shape index (κ1) is 12.0. The number of halogens is 1. The van der Waals surface area contributed by atoms with E-state index < -0.39 is 0 Å². The minimum atomic E-state index is 0.850. The number of hydrogen-bond donors (Lipinski definition) is 0. The Morgan fingerprint density at radius 3 is 2.38 bits per heavy atom. The summed E-state index contributed by atoms with van der Waals surface area (Å²) in [6.45, 7) is 0. The molecule has 0 fully saturated rings. The summed E-state index contributed by atoms with van der Waals surface area (Å²) < 4.78 is 5.24. The molecule has 0 aliphatic heterocycles. The molecular weight excluding hydrogens is 316 g/mol. The molecule has 0 bridgehead atoms. The van der Waals surface area contributed by atoms with Gasteiger partial charge in [0.05, 0.1) is 9.72 Å². The number of hydrogen-bond acceptors (Lipinski definition) is 2. The lowest BCUT2D eigenvalue weighted by Crippen LogP contribution is -1.69. The first-order valence-electron chi connectivity index (χ1n) is 6.74. The number of fused-ring (bicyclic) bond motifs is 7. The van der Waals surface area contributed by atoms with Crippen molar-refractivity contribution in [2.24, 2.45) is 0 Å². The van der Waals surface area contributed by atoms with E-state index in [1.54, 1.807) is 11.3 Å². The fourth-order valence-electron chi connectivity index (χ4n) is 3.03. The largest absolute Gasteiger partial charge is 0.134 e. The zero-order chi connectivity index (χ0) is 14.0. The maximum absolute atomic E-state index is 6.37. The molecule has 2 heterocycles. The van der Waals surface area contributed by atoms with E-state index in [4.69, 9.17) is 11.6 Å². The van der Waals surface area contributed by atoms with Crippen molar-refractivity contribution in [1.29, 1.82) is 0 Å². The third-order valence-electron chi connectivity index (χ3n) is 3.96. The SMILES string of the molecule is Clc1cccc2c1sc1ccc3c4ccccc4sc3c12. The molecule has 0 nitrogen and oxygen atoms in total.